The van der Waals surface area contributed by atoms with Crippen LogP contribution in [0.25, 0.3) is 0 Å². The fourth-order valence-electron chi connectivity index (χ4n) is 6.69. The second-order valence-electron chi connectivity index (χ2n) is 7.09. The molecular weight excluding hydrogens is 191 g/mol. The minimum Gasteiger partial charge on any atom is -0.0917 e. The van der Waals surface area contributed by atoms with Gasteiger partial charge in [-0.2, -0.15) is 0 Å². The van der Waals surface area contributed by atoms with Gasteiger partial charge in [0.05, 0.1) is 0 Å². The normalized spacial score (nSPS) is 65.6. The number of rotatable bonds is 2. The van der Waals surface area contributed by atoms with Crippen LogP contribution in [-0.4, -0.2) is 7.28 Å². The van der Waals surface area contributed by atoms with Gasteiger partial charge in [-0.3, -0.25) is 0 Å². The van der Waals surface area contributed by atoms with Crippen molar-refractivity contribution in [2.75, 3.05) is 0 Å². The quantitative estimate of drug-likeness (QED) is 0.616. The standard InChI is InChI=1S/C15H24B/c1-4-8-11-12-9-6-5-7(2)10(9)13(12)14(11)15(8)16-3/h7-15H,4-6H2,1-3H3. The third kappa shape index (κ3) is 0.853. The molecule has 0 aromatic carbocycles. The van der Waals surface area contributed by atoms with Crippen molar-refractivity contribution in [1.29, 1.82) is 0 Å². The maximum Gasteiger partial charge on any atom is 0.110 e. The molecule has 0 aliphatic heterocycles. The summed E-state index contributed by atoms with van der Waals surface area (Å²) in [5.74, 6) is 10.2. The average molecular weight is 215 g/mol. The second-order valence-corrected chi connectivity index (χ2v) is 7.09. The lowest BCUT2D eigenvalue weighted by Crippen LogP contribution is -2.73. The first-order valence-electron chi connectivity index (χ1n) is 7.59. The molecule has 4 fully saturated rings. The van der Waals surface area contributed by atoms with Crippen molar-refractivity contribution >= 4 is 7.28 Å². The van der Waals surface area contributed by atoms with E-state index in [9.17, 15) is 0 Å². The van der Waals surface area contributed by atoms with Crippen molar-refractivity contribution in [2.24, 2.45) is 47.3 Å². The summed E-state index contributed by atoms with van der Waals surface area (Å²) < 4.78 is 0. The van der Waals surface area contributed by atoms with E-state index >= 15 is 0 Å². The van der Waals surface area contributed by atoms with Crippen LogP contribution in [-0.2, 0) is 0 Å². The molecule has 0 heterocycles. The summed E-state index contributed by atoms with van der Waals surface area (Å²) in [6.07, 6.45) is 4.55. The zero-order valence-corrected chi connectivity index (χ0v) is 10.9. The topological polar surface area (TPSA) is 0 Å². The SMILES string of the molecule is C[B]C1C(CC)C2C1C1C3C(C)CCC3C21. The molecule has 4 aliphatic carbocycles. The Labute approximate surface area is 101 Å². The highest BCUT2D eigenvalue weighted by Gasteiger charge is 2.75. The van der Waals surface area contributed by atoms with E-state index in [4.69, 9.17) is 0 Å². The van der Waals surface area contributed by atoms with Crippen molar-refractivity contribution in [3.8, 4) is 0 Å². The number of hydrogen-bond acceptors (Lipinski definition) is 0. The molecular formula is C15H24B. The third-order valence-electron chi connectivity index (χ3n) is 7.11. The van der Waals surface area contributed by atoms with Crippen LogP contribution in [0, 0.1) is 47.3 Å². The Morgan fingerprint density at radius 2 is 1.81 bits per heavy atom. The Morgan fingerprint density at radius 3 is 2.50 bits per heavy atom. The summed E-state index contributed by atoms with van der Waals surface area (Å²) in [5.41, 5.74) is 0. The highest BCUT2D eigenvalue weighted by atomic mass is 14.8. The van der Waals surface area contributed by atoms with E-state index in [-0.39, 0.29) is 0 Å². The van der Waals surface area contributed by atoms with Gasteiger partial charge in [-0.05, 0) is 53.8 Å². The minimum absolute atomic E-state index is 1.00. The van der Waals surface area contributed by atoms with Gasteiger partial charge in [-0.15, -0.1) is 0 Å². The summed E-state index contributed by atoms with van der Waals surface area (Å²) in [7, 11) is 2.54. The van der Waals surface area contributed by atoms with Gasteiger partial charge in [0.15, 0.2) is 0 Å². The average Bonchev–Trinajstić information content (AvgIpc) is 2.56. The van der Waals surface area contributed by atoms with E-state index in [1.807, 2.05) is 0 Å². The Hall–Kier alpha value is 0.0649. The van der Waals surface area contributed by atoms with Gasteiger partial charge >= 0.3 is 0 Å². The van der Waals surface area contributed by atoms with E-state index in [2.05, 4.69) is 28.0 Å². The van der Waals surface area contributed by atoms with Gasteiger partial charge in [0.2, 0.25) is 0 Å². The fraction of sp³-hybridized carbons (Fsp3) is 1.00. The smallest absolute Gasteiger partial charge is 0.0917 e. The maximum absolute atomic E-state index is 2.54. The zero-order valence-electron chi connectivity index (χ0n) is 10.9. The summed E-state index contributed by atoms with van der Waals surface area (Å²) in [6.45, 7) is 7.25. The summed E-state index contributed by atoms with van der Waals surface area (Å²) in [4.78, 5) is 0. The molecule has 87 valence electrons. The zero-order chi connectivity index (χ0) is 11.0. The van der Waals surface area contributed by atoms with E-state index in [1.165, 1.54) is 30.1 Å². The van der Waals surface area contributed by atoms with Crippen LogP contribution in [0.5, 0.6) is 0 Å². The van der Waals surface area contributed by atoms with Gasteiger partial charge in [0, 0.05) is 0 Å². The molecule has 9 unspecified atom stereocenters. The maximum atomic E-state index is 2.54. The molecule has 9 atom stereocenters. The lowest BCUT2D eigenvalue weighted by atomic mass is 9.22. The van der Waals surface area contributed by atoms with Gasteiger partial charge < -0.3 is 0 Å². The van der Waals surface area contributed by atoms with Crippen molar-refractivity contribution in [1.82, 2.24) is 0 Å². The second kappa shape index (κ2) is 3.09. The van der Waals surface area contributed by atoms with Crippen molar-refractivity contribution < 1.29 is 0 Å². The lowest BCUT2D eigenvalue weighted by Gasteiger charge is -2.78. The van der Waals surface area contributed by atoms with E-state index in [0.717, 1.165) is 29.5 Å². The van der Waals surface area contributed by atoms with Crippen LogP contribution in [0.4, 0.5) is 0 Å². The summed E-state index contributed by atoms with van der Waals surface area (Å²) >= 11 is 0. The molecule has 4 rings (SSSR count). The molecule has 0 spiro atoms. The van der Waals surface area contributed by atoms with E-state index < -0.39 is 0 Å². The van der Waals surface area contributed by atoms with Gasteiger partial charge in [-0.1, -0.05) is 39.3 Å². The largest absolute Gasteiger partial charge is 0.110 e. The minimum atomic E-state index is 1.00. The van der Waals surface area contributed by atoms with Crippen LogP contribution in [0.3, 0.4) is 0 Å². The van der Waals surface area contributed by atoms with Crippen molar-refractivity contribution in [3.05, 3.63) is 0 Å². The van der Waals surface area contributed by atoms with Crippen LogP contribution in [0.2, 0.25) is 12.6 Å². The molecule has 0 saturated heterocycles. The first kappa shape index (κ1) is 10.0. The van der Waals surface area contributed by atoms with Gasteiger partial charge in [0.25, 0.3) is 0 Å². The Bertz CT molecular complexity index is 311. The van der Waals surface area contributed by atoms with Gasteiger partial charge in [0.1, 0.15) is 7.28 Å². The third-order valence-corrected chi connectivity index (χ3v) is 7.11. The Kier molecular flexibility index (Phi) is 1.94. The monoisotopic (exact) mass is 215 g/mol. The molecule has 0 nitrogen and oxygen atoms in total. The first-order chi connectivity index (χ1) is 7.79. The predicted molar refractivity (Wildman–Crippen MR) is 68.5 cm³/mol. The summed E-state index contributed by atoms with van der Waals surface area (Å²) in [5, 5.41) is 0. The van der Waals surface area contributed by atoms with E-state index in [1.54, 1.807) is 12.8 Å². The molecule has 0 aromatic heterocycles. The molecule has 0 N–H and O–H groups in total. The molecule has 0 aromatic rings. The molecule has 4 saturated carbocycles. The number of fused-ring (bicyclic) bond motifs is 7. The van der Waals surface area contributed by atoms with Crippen LogP contribution in [0.1, 0.15) is 33.1 Å². The molecule has 0 amide bonds. The Morgan fingerprint density at radius 1 is 1.00 bits per heavy atom. The van der Waals surface area contributed by atoms with Crippen molar-refractivity contribution in [3.63, 3.8) is 0 Å². The predicted octanol–water partition coefficient (Wildman–Crippen LogP) is 3.72. The van der Waals surface area contributed by atoms with Crippen LogP contribution >= 0.6 is 0 Å². The first-order valence-corrected chi connectivity index (χ1v) is 7.59. The van der Waals surface area contributed by atoms with Crippen LogP contribution in [0.15, 0.2) is 0 Å². The van der Waals surface area contributed by atoms with E-state index in [0.29, 0.717) is 0 Å². The lowest BCUT2D eigenvalue weighted by molar-refractivity contribution is -0.275. The van der Waals surface area contributed by atoms with Crippen LogP contribution < -0.4 is 0 Å². The summed E-state index contributed by atoms with van der Waals surface area (Å²) in [6, 6.07) is 0. The number of hydrogen-bond donors (Lipinski definition) is 0. The Balaban J connectivity index is 1.56. The molecule has 16 heavy (non-hydrogen) atoms. The highest BCUT2D eigenvalue weighted by molar-refractivity contribution is 6.36. The molecule has 1 heteroatoms. The van der Waals surface area contributed by atoms with Gasteiger partial charge in [-0.25, -0.2) is 0 Å². The fourth-order valence-corrected chi connectivity index (χ4v) is 6.69. The highest BCUT2D eigenvalue weighted by Crippen LogP contribution is 2.80. The molecule has 4 aliphatic rings. The van der Waals surface area contributed by atoms with Crippen molar-refractivity contribution in [2.45, 2.75) is 45.8 Å². The molecule has 0 bridgehead atoms. The molecule has 1 radical (unpaired) electrons.